The topological polar surface area (TPSA) is 54.6 Å². The second kappa shape index (κ2) is 6.03. The molecule has 0 bridgehead atoms. The standard InChI is InChI=1S/C12H21NO3/c1-8-5-12(10(3)16-8)9(2)13-6-11(14)7-15-4/h5,9,11,13-14H,6-7H2,1-4H3/t9?,11-/m1/s1. The summed E-state index contributed by atoms with van der Waals surface area (Å²) in [5, 5.41) is 12.8. The van der Waals surface area contributed by atoms with Gasteiger partial charge in [-0.25, -0.2) is 0 Å². The Bertz CT molecular complexity index is 322. The highest BCUT2D eigenvalue weighted by atomic mass is 16.5. The summed E-state index contributed by atoms with van der Waals surface area (Å²) in [5.41, 5.74) is 1.14. The Labute approximate surface area is 96.6 Å². The number of aryl methyl sites for hydroxylation is 2. The van der Waals surface area contributed by atoms with Crippen molar-refractivity contribution >= 4 is 0 Å². The molecule has 0 saturated heterocycles. The fraction of sp³-hybridized carbons (Fsp3) is 0.667. The molecule has 1 unspecified atom stereocenters. The fourth-order valence-electron chi connectivity index (χ4n) is 1.75. The molecule has 1 aromatic rings. The van der Waals surface area contributed by atoms with E-state index in [0.717, 1.165) is 17.1 Å². The Morgan fingerprint density at radius 3 is 2.69 bits per heavy atom. The molecule has 0 saturated carbocycles. The Morgan fingerprint density at radius 2 is 2.19 bits per heavy atom. The Kier molecular flexibility index (Phi) is 4.99. The smallest absolute Gasteiger partial charge is 0.105 e. The van der Waals surface area contributed by atoms with Crippen LogP contribution in [-0.4, -0.2) is 31.5 Å². The molecule has 0 spiro atoms. The Balaban J connectivity index is 2.46. The molecule has 92 valence electrons. The molecule has 1 rings (SSSR count). The number of ether oxygens (including phenoxy) is 1. The summed E-state index contributed by atoms with van der Waals surface area (Å²) < 4.78 is 10.3. The third-order valence-electron chi connectivity index (χ3n) is 2.56. The molecule has 0 fully saturated rings. The minimum Gasteiger partial charge on any atom is -0.466 e. The first-order valence-corrected chi connectivity index (χ1v) is 5.52. The lowest BCUT2D eigenvalue weighted by Crippen LogP contribution is -2.31. The van der Waals surface area contributed by atoms with Crippen molar-refractivity contribution in [3.8, 4) is 0 Å². The van der Waals surface area contributed by atoms with Crippen LogP contribution in [0.1, 0.15) is 30.0 Å². The summed E-state index contributed by atoms with van der Waals surface area (Å²) in [5.74, 6) is 1.84. The molecule has 2 atom stereocenters. The number of nitrogens with one attached hydrogen (secondary N) is 1. The van der Waals surface area contributed by atoms with E-state index in [4.69, 9.17) is 9.15 Å². The highest BCUT2D eigenvalue weighted by molar-refractivity contribution is 5.23. The lowest BCUT2D eigenvalue weighted by Gasteiger charge is -2.16. The fourth-order valence-corrected chi connectivity index (χ4v) is 1.75. The van der Waals surface area contributed by atoms with Crippen molar-refractivity contribution in [3.05, 3.63) is 23.2 Å². The largest absolute Gasteiger partial charge is 0.466 e. The van der Waals surface area contributed by atoms with E-state index < -0.39 is 6.10 Å². The van der Waals surface area contributed by atoms with Crippen LogP contribution < -0.4 is 5.32 Å². The van der Waals surface area contributed by atoms with Crippen LogP contribution in [0.25, 0.3) is 0 Å². The van der Waals surface area contributed by atoms with Gasteiger partial charge in [0.2, 0.25) is 0 Å². The number of methoxy groups -OCH3 is 1. The number of aliphatic hydroxyl groups excluding tert-OH is 1. The van der Waals surface area contributed by atoms with Crippen molar-refractivity contribution in [2.75, 3.05) is 20.3 Å². The minimum atomic E-state index is -0.472. The van der Waals surface area contributed by atoms with E-state index in [1.807, 2.05) is 19.9 Å². The van der Waals surface area contributed by atoms with E-state index in [1.54, 1.807) is 7.11 Å². The molecular weight excluding hydrogens is 206 g/mol. The molecule has 2 N–H and O–H groups in total. The highest BCUT2D eigenvalue weighted by Crippen LogP contribution is 2.20. The van der Waals surface area contributed by atoms with Gasteiger partial charge in [-0.1, -0.05) is 0 Å². The van der Waals surface area contributed by atoms with Gasteiger partial charge in [0.15, 0.2) is 0 Å². The third-order valence-corrected chi connectivity index (χ3v) is 2.56. The van der Waals surface area contributed by atoms with Gasteiger partial charge in [0.25, 0.3) is 0 Å². The van der Waals surface area contributed by atoms with Crippen molar-refractivity contribution in [1.82, 2.24) is 5.32 Å². The lowest BCUT2D eigenvalue weighted by atomic mass is 10.1. The van der Waals surface area contributed by atoms with Crippen molar-refractivity contribution in [2.24, 2.45) is 0 Å². The monoisotopic (exact) mass is 227 g/mol. The van der Waals surface area contributed by atoms with Gasteiger partial charge in [0.1, 0.15) is 11.5 Å². The van der Waals surface area contributed by atoms with Gasteiger partial charge in [-0.05, 0) is 26.8 Å². The number of furan rings is 1. The van der Waals surface area contributed by atoms with Gasteiger partial charge >= 0.3 is 0 Å². The van der Waals surface area contributed by atoms with Crippen molar-refractivity contribution in [2.45, 2.75) is 32.9 Å². The van der Waals surface area contributed by atoms with Crippen molar-refractivity contribution < 1.29 is 14.3 Å². The summed E-state index contributed by atoms with van der Waals surface area (Å²) in [7, 11) is 1.58. The van der Waals surface area contributed by atoms with E-state index in [1.165, 1.54) is 0 Å². The second-order valence-electron chi connectivity index (χ2n) is 4.11. The van der Waals surface area contributed by atoms with E-state index in [0.29, 0.717) is 13.2 Å². The summed E-state index contributed by atoms with van der Waals surface area (Å²) in [6.45, 7) is 6.80. The predicted molar refractivity (Wildman–Crippen MR) is 62.5 cm³/mol. The van der Waals surface area contributed by atoms with Crippen LogP contribution in [0.3, 0.4) is 0 Å². The normalized spacial score (nSPS) is 15.1. The zero-order chi connectivity index (χ0) is 12.1. The molecular formula is C12H21NO3. The quantitative estimate of drug-likeness (QED) is 0.774. The minimum absolute atomic E-state index is 0.170. The van der Waals surface area contributed by atoms with Gasteiger partial charge in [0.05, 0.1) is 12.7 Å². The summed E-state index contributed by atoms with van der Waals surface area (Å²) in [4.78, 5) is 0. The molecule has 4 heteroatoms. The molecule has 0 aromatic carbocycles. The maximum atomic E-state index is 9.51. The van der Waals surface area contributed by atoms with E-state index >= 15 is 0 Å². The summed E-state index contributed by atoms with van der Waals surface area (Å²) in [6.07, 6.45) is -0.472. The first kappa shape index (κ1) is 13.2. The van der Waals surface area contributed by atoms with Gasteiger partial charge < -0.3 is 19.6 Å². The molecule has 0 aliphatic carbocycles. The molecule has 0 aliphatic rings. The maximum Gasteiger partial charge on any atom is 0.105 e. The molecule has 1 heterocycles. The zero-order valence-electron chi connectivity index (χ0n) is 10.4. The predicted octanol–water partition coefficient (Wildman–Crippen LogP) is 1.55. The van der Waals surface area contributed by atoms with Crippen LogP contribution in [0, 0.1) is 13.8 Å². The summed E-state index contributed by atoms with van der Waals surface area (Å²) in [6, 6.07) is 2.19. The molecule has 1 aromatic heterocycles. The highest BCUT2D eigenvalue weighted by Gasteiger charge is 2.13. The van der Waals surface area contributed by atoms with Crippen LogP contribution >= 0.6 is 0 Å². The number of hydrogen-bond donors (Lipinski definition) is 2. The first-order valence-electron chi connectivity index (χ1n) is 5.52. The Morgan fingerprint density at radius 1 is 1.50 bits per heavy atom. The number of aliphatic hydroxyl groups is 1. The average Bonchev–Trinajstić information content (AvgIpc) is 2.55. The maximum absolute atomic E-state index is 9.51. The average molecular weight is 227 g/mol. The molecule has 0 radical (unpaired) electrons. The third kappa shape index (κ3) is 3.63. The van der Waals surface area contributed by atoms with E-state index in [2.05, 4.69) is 12.2 Å². The summed E-state index contributed by atoms with van der Waals surface area (Å²) >= 11 is 0. The molecule has 0 aliphatic heterocycles. The number of hydrogen-bond acceptors (Lipinski definition) is 4. The SMILES string of the molecule is COC[C@H](O)CNC(C)c1cc(C)oc1C. The van der Waals surface area contributed by atoms with Crippen LogP contribution in [-0.2, 0) is 4.74 Å². The van der Waals surface area contributed by atoms with Gasteiger partial charge in [-0.2, -0.15) is 0 Å². The van der Waals surface area contributed by atoms with Crippen LogP contribution in [0.2, 0.25) is 0 Å². The van der Waals surface area contributed by atoms with Crippen LogP contribution in [0.4, 0.5) is 0 Å². The second-order valence-corrected chi connectivity index (χ2v) is 4.11. The lowest BCUT2D eigenvalue weighted by molar-refractivity contribution is 0.0630. The van der Waals surface area contributed by atoms with Crippen LogP contribution in [0.15, 0.2) is 10.5 Å². The van der Waals surface area contributed by atoms with Crippen LogP contribution in [0.5, 0.6) is 0 Å². The zero-order valence-corrected chi connectivity index (χ0v) is 10.4. The number of rotatable bonds is 6. The molecule has 16 heavy (non-hydrogen) atoms. The molecule has 4 nitrogen and oxygen atoms in total. The molecule has 0 amide bonds. The van der Waals surface area contributed by atoms with E-state index in [9.17, 15) is 5.11 Å². The first-order chi connectivity index (χ1) is 7.54. The van der Waals surface area contributed by atoms with Gasteiger partial charge in [0, 0.05) is 25.3 Å². The van der Waals surface area contributed by atoms with Crippen molar-refractivity contribution in [3.63, 3.8) is 0 Å². The van der Waals surface area contributed by atoms with Gasteiger partial charge in [-0.3, -0.25) is 0 Å². The van der Waals surface area contributed by atoms with E-state index in [-0.39, 0.29) is 6.04 Å². The van der Waals surface area contributed by atoms with Crippen molar-refractivity contribution in [1.29, 1.82) is 0 Å². The Hall–Kier alpha value is -0.840. The van der Waals surface area contributed by atoms with Gasteiger partial charge in [-0.15, -0.1) is 0 Å².